The highest BCUT2D eigenvalue weighted by molar-refractivity contribution is 6.74. The van der Waals surface area contributed by atoms with Crippen molar-refractivity contribution in [2.45, 2.75) is 174 Å². The van der Waals surface area contributed by atoms with E-state index in [0.29, 0.717) is 12.0 Å². The van der Waals surface area contributed by atoms with E-state index in [1.165, 1.54) is 70.6 Å². The highest BCUT2D eigenvalue weighted by Gasteiger charge is 2.39. The lowest BCUT2D eigenvalue weighted by molar-refractivity contribution is 0.00413. The molecule has 7 heteroatoms. The number of carbonyl (C=O) groups is 2. The molecule has 1 amide bonds. The Labute approximate surface area is 265 Å². The van der Waals surface area contributed by atoms with Crippen LogP contribution >= 0.6 is 0 Å². The fraction of sp³-hybridized carbons (Fsp3) is 0.778. The van der Waals surface area contributed by atoms with Crippen molar-refractivity contribution in [3.8, 4) is 0 Å². The van der Waals surface area contributed by atoms with Crippen LogP contribution in [0.15, 0.2) is 30.3 Å². The number of benzene rings is 1. The minimum Gasteiger partial charge on any atom is -0.456 e. The molecule has 6 nitrogen and oxygen atoms in total. The molecule has 0 spiro atoms. The van der Waals surface area contributed by atoms with Gasteiger partial charge in [-0.2, -0.15) is 0 Å². The second-order valence-corrected chi connectivity index (χ2v) is 19.5. The molecule has 0 bridgehead atoms. The van der Waals surface area contributed by atoms with Gasteiger partial charge in [-0.05, 0) is 63.9 Å². The van der Waals surface area contributed by atoms with Gasteiger partial charge in [0.05, 0.1) is 18.2 Å². The quantitative estimate of drug-likeness (QED) is 0.0842. The standard InChI is InChI=1S/C36H65NO5Si/c1-10-11-12-13-14-15-16-17-18-19-20-21-25-28-32(41-33(38)30-26-23-22-24-27-30)31(37-34(39)42-35(2,3)4)29-40-43(8,9)36(5,6)7/h22-24,26-27,31-32H,10-21,25,28-29H2,1-9H3,(H,37,39)/t31-,32+/m0/s1. The van der Waals surface area contributed by atoms with Gasteiger partial charge in [0.15, 0.2) is 8.32 Å². The predicted molar refractivity (Wildman–Crippen MR) is 182 cm³/mol. The summed E-state index contributed by atoms with van der Waals surface area (Å²) < 4.78 is 18.3. The zero-order valence-electron chi connectivity index (χ0n) is 29.2. The van der Waals surface area contributed by atoms with Gasteiger partial charge in [0, 0.05) is 0 Å². The van der Waals surface area contributed by atoms with Crippen molar-refractivity contribution >= 4 is 20.4 Å². The average molecular weight is 620 g/mol. The van der Waals surface area contributed by atoms with Gasteiger partial charge in [-0.25, -0.2) is 9.59 Å². The fourth-order valence-electron chi connectivity index (χ4n) is 4.70. The molecule has 0 fully saturated rings. The van der Waals surface area contributed by atoms with E-state index in [-0.39, 0.29) is 17.6 Å². The number of alkyl carbamates (subject to hydrolysis) is 1. The van der Waals surface area contributed by atoms with E-state index in [9.17, 15) is 9.59 Å². The Morgan fingerprint density at radius 3 is 1.72 bits per heavy atom. The van der Waals surface area contributed by atoms with Crippen molar-refractivity contribution in [1.82, 2.24) is 5.32 Å². The third-order valence-electron chi connectivity index (χ3n) is 8.44. The number of esters is 1. The summed E-state index contributed by atoms with van der Waals surface area (Å²) in [5.41, 5.74) is -0.139. The number of ether oxygens (including phenoxy) is 2. The Bertz CT molecular complexity index is 891. The number of rotatable bonds is 21. The summed E-state index contributed by atoms with van der Waals surface area (Å²) in [6, 6.07) is 8.53. The van der Waals surface area contributed by atoms with Gasteiger partial charge < -0.3 is 19.2 Å². The van der Waals surface area contributed by atoms with Crippen LogP contribution in [-0.2, 0) is 13.9 Å². The lowest BCUT2D eigenvalue weighted by atomic mass is 10.0. The number of amides is 1. The molecule has 0 saturated heterocycles. The van der Waals surface area contributed by atoms with E-state index in [1.54, 1.807) is 12.1 Å². The smallest absolute Gasteiger partial charge is 0.408 e. The number of hydrogen-bond donors (Lipinski definition) is 1. The Morgan fingerprint density at radius 1 is 0.767 bits per heavy atom. The molecule has 1 aromatic carbocycles. The molecule has 2 atom stereocenters. The van der Waals surface area contributed by atoms with Crippen LogP contribution in [0.2, 0.25) is 18.1 Å². The summed E-state index contributed by atoms with van der Waals surface area (Å²) in [5.74, 6) is -0.386. The van der Waals surface area contributed by atoms with E-state index in [0.717, 1.165) is 12.8 Å². The lowest BCUT2D eigenvalue weighted by Crippen LogP contribution is -2.52. The van der Waals surface area contributed by atoms with Crippen LogP contribution in [-0.4, -0.2) is 44.7 Å². The minimum atomic E-state index is -2.12. The first-order chi connectivity index (χ1) is 20.2. The Balaban J connectivity index is 2.82. The van der Waals surface area contributed by atoms with Gasteiger partial charge in [0.1, 0.15) is 11.7 Å². The molecular formula is C36H65NO5Si. The minimum absolute atomic E-state index is 0.00866. The molecule has 248 valence electrons. The van der Waals surface area contributed by atoms with Gasteiger partial charge >= 0.3 is 12.1 Å². The summed E-state index contributed by atoms with van der Waals surface area (Å²) in [6.07, 6.45) is 16.1. The van der Waals surface area contributed by atoms with Crippen LogP contribution in [0.3, 0.4) is 0 Å². The zero-order valence-corrected chi connectivity index (χ0v) is 30.2. The van der Waals surface area contributed by atoms with Crippen molar-refractivity contribution in [2.24, 2.45) is 0 Å². The van der Waals surface area contributed by atoms with Crippen molar-refractivity contribution in [2.75, 3.05) is 6.61 Å². The van der Waals surface area contributed by atoms with Crippen LogP contribution in [0.1, 0.15) is 149 Å². The molecule has 1 aromatic rings. The van der Waals surface area contributed by atoms with Crippen LogP contribution in [0, 0.1) is 0 Å². The fourth-order valence-corrected chi connectivity index (χ4v) is 5.73. The zero-order chi connectivity index (χ0) is 32.4. The van der Waals surface area contributed by atoms with E-state index in [1.807, 2.05) is 39.0 Å². The Hall–Kier alpha value is -1.86. The molecule has 0 heterocycles. The third kappa shape index (κ3) is 17.9. The van der Waals surface area contributed by atoms with E-state index >= 15 is 0 Å². The van der Waals surface area contributed by atoms with Crippen LogP contribution in [0.4, 0.5) is 4.79 Å². The first kappa shape index (κ1) is 39.2. The van der Waals surface area contributed by atoms with Crippen molar-refractivity contribution in [3.63, 3.8) is 0 Å². The van der Waals surface area contributed by atoms with E-state index < -0.39 is 32.2 Å². The molecule has 0 saturated carbocycles. The Morgan fingerprint density at radius 2 is 1.26 bits per heavy atom. The molecule has 0 aliphatic heterocycles. The maximum atomic E-state index is 13.2. The van der Waals surface area contributed by atoms with Crippen molar-refractivity contribution < 1.29 is 23.5 Å². The first-order valence-electron chi connectivity index (χ1n) is 17.1. The van der Waals surface area contributed by atoms with Gasteiger partial charge in [-0.1, -0.05) is 123 Å². The maximum absolute atomic E-state index is 13.2. The Kier molecular flexibility index (Phi) is 18.4. The normalized spacial score (nSPS) is 13.8. The first-order valence-corrected chi connectivity index (χ1v) is 20.0. The molecule has 1 rings (SSSR count). The number of carbonyl (C=O) groups excluding carboxylic acids is 2. The highest BCUT2D eigenvalue weighted by Crippen LogP contribution is 2.36. The van der Waals surface area contributed by atoms with E-state index in [4.69, 9.17) is 13.9 Å². The molecule has 43 heavy (non-hydrogen) atoms. The number of nitrogens with one attached hydrogen (secondary N) is 1. The molecule has 1 N–H and O–H groups in total. The average Bonchev–Trinajstić information content (AvgIpc) is 2.91. The maximum Gasteiger partial charge on any atom is 0.408 e. The van der Waals surface area contributed by atoms with Crippen molar-refractivity contribution in [3.05, 3.63) is 35.9 Å². The molecule has 0 aromatic heterocycles. The van der Waals surface area contributed by atoms with Crippen molar-refractivity contribution in [1.29, 1.82) is 0 Å². The molecular weight excluding hydrogens is 554 g/mol. The van der Waals surface area contributed by atoms with Crippen LogP contribution in [0.5, 0.6) is 0 Å². The summed E-state index contributed by atoms with van der Waals surface area (Å²) in [4.78, 5) is 26.1. The van der Waals surface area contributed by atoms with Gasteiger partial charge in [0.2, 0.25) is 0 Å². The van der Waals surface area contributed by atoms with Gasteiger partial charge in [-0.3, -0.25) is 0 Å². The monoisotopic (exact) mass is 619 g/mol. The SMILES string of the molecule is CCCCCCCCCCCCCCC[C@@H](OC(=O)c1ccccc1)[C@H](CO[Si](C)(C)C(C)(C)C)NC(=O)OC(C)(C)C. The summed E-state index contributed by atoms with van der Waals surface area (Å²) in [5, 5.41) is 3.02. The molecule has 0 unspecified atom stereocenters. The molecule has 0 aliphatic carbocycles. The largest absolute Gasteiger partial charge is 0.456 e. The molecule has 0 radical (unpaired) electrons. The summed E-state index contributed by atoms with van der Waals surface area (Å²) in [7, 11) is -2.12. The summed E-state index contributed by atoms with van der Waals surface area (Å²) >= 11 is 0. The lowest BCUT2D eigenvalue weighted by Gasteiger charge is -2.38. The second kappa shape index (κ2) is 20.2. The predicted octanol–water partition coefficient (Wildman–Crippen LogP) is 10.6. The van der Waals surface area contributed by atoms with E-state index in [2.05, 4.69) is 46.1 Å². The number of unbranched alkanes of at least 4 members (excludes halogenated alkanes) is 12. The highest BCUT2D eigenvalue weighted by atomic mass is 28.4. The van der Waals surface area contributed by atoms with Crippen LogP contribution < -0.4 is 5.32 Å². The van der Waals surface area contributed by atoms with Crippen LogP contribution in [0.25, 0.3) is 0 Å². The van der Waals surface area contributed by atoms with Gasteiger partial charge in [0.25, 0.3) is 0 Å². The third-order valence-corrected chi connectivity index (χ3v) is 12.9. The summed E-state index contributed by atoms with van der Waals surface area (Å²) in [6.45, 7) is 19.0. The molecule has 0 aliphatic rings. The second-order valence-electron chi connectivity index (χ2n) is 14.7. The topological polar surface area (TPSA) is 73.9 Å². The van der Waals surface area contributed by atoms with Gasteiger partial charge in [-0.15, -0.1) is 0 Å². The number of hydrogen-bond acceptors (Lipinski definition) is 5.